The number of rotatable bonds is 4. The van der Waals surface area contributed by atoms with Crippen molar-refractivity contribution in [1.29, 1.82) is 0 Å². The first-order chi connectivity index (χ1) is 9.11. The van der Waals surface area contributed by atoms with Gasteiger partial charge in [0.15, 0.2) is 11.6 Å². The van der Waals surface area contributed by atoms with Crippen LogP contribution in [0, 0.1) is 17.6 Å². The van der Waals surface area contributed by atoms with E-state index in [1.165, 1.54) is 12.1 Å². The number of nitrogens with two attached hydrogens (primary N) is 1. The highest BCUT2D eigenvalue weighted by Crippen LogP contribution is 2.20. The van der Waals surface area contributed by atoms with Crippen LogP contribution in [0.5, 0.6) is 0 Å². The lowest BCUT2D eigenvalue weighted by Crippen LogP contribution is -2.30. The maximum atomic E-state index is 13.5. The van der Waals surface area contributed by atoms with E-state index in [2.05, 4.69) is 0 Å². The Kier molecular flexibility index (Phi) is 4.47. The fraction of sp³-hybridized carbons (Fsp3) is 0.500. The van der Waals surface area contributed by atoms with Crippen molar-refractivity contribution in [2.75, 3.05) is 19.6 Å². The lowest BCUT2D eigenvalue weighted by molar-refractivity contribution is -0.129. The van der Waals surface area contributed by atoms with Crippen molar-refractivity contribution in [2.24, 2.45) is 11.7 Å². The lowest BCUT2D eigenvalue weighted by Gasteiger charge is -2.16. The van der Waals surface area contributed by atoms with Gasteiger partial charge in [-0.15, -0.1) is 0 Å². The van der Waals surface area contributed by atoms with E-state index in [1.54, 1.807) is 4.90 Å². The second kappa shape index (κ2) is 6.10. The first-order valence-corrected chi connectivity index (χ1v) is 6.52. The van der Waals surface area contributed by atoms with Crippen molar-refractivity contribution in [3.05, 3.63) is 35.4 Å². The number of carbonyl (C=O) groups excluding carboxylic acids is 1. The summed E-state index contributed by atoms with van der Waals surface area (Å²) in [6, 6.07) is 3.92. The molecular weight excluding hydrogens is 250 g/mol. The van der Waals surface area contributed by atoms with E-state index in [0.717, 1.165) is 18.9 Å². The molecule has 0 aliphatic carbocycles. The molecule has 1 fully saturated rings. The molecule has 1 unspecified atom stereocenters. The highest BCUT2D eigenvalue weighted by Gasteiger charge is 2.26. The SMILES string of the molecule is NCCC1CCN(C(=O)Cc2cccc(F)c2F)C1. The zero-order valence-electron chi connectivity index (χ0n) is 10.7. The average Bonchev–Trinajstić information content (AvgIpc) is 2.84. The number of hydrogen-bond donors (Lipinski definition) is 1. The van der Waals surface area contributed by atoms with Gasteiger partial charge in [0.2, 0.25) is 5.91 Å². The van der Waals surface area contributed by atoms with Gasteiger partial charge in [-0.2, -0.15) is 0 Å². The van der Waals surface area contributed by atoms with Crippen LogP contribution in [0.25, 0.3) is 0 Å². The monoisotopic (exact) mass is 268 g/mol. The molecule has 1 atom stereocenters. The van der Waals surface area contributed by atoms with Crippen LogP contribution in [0.15, 0.2) is 18.2 Å². The standard InChI is InChI=1S/C14H18F2N2O/c15-12-3-1-2-11(14(12)16)8-13(19)18-7-5-10(9-18)4-6-17/h1-3,10H,4-9,17H2. The van der Waals surface area contributed by atoms with E-state index in [4.69, 9.17) is 5.73 Å². The third-order valence-electron chi connectivity index (χ3n) is 3.59. The Morgan fingerprint density at radius 3 is 2.95 bits per heavy atom. The minimum atomic E-state index is -0.923. The number of hydrogen-bond acceptors (Lipinski definition) is 2. The van der Waals surface area contributed by atoms with Gasteiger partial charge in [-0.3, -0.25) is 4.79 Å². The first-order valence-electron chi connectivity index (χ1n) is 6.52. The predicted molar refractivity (Wildman–Crippen MR) is 68.4 cm³/mol. The molecule has 0 radical (unpaired) electrons. The first kappa shape index (κ1) is 13.9. The maximum Gasteiger partial charge on any atom is 0.227 e. The molecule has 1 aromatic carbocycles. The van der Waals surface area contributed by atoms with Gasteiger partial charge in [0.1, 0.15) is 0 Å². The summed E-state index contributed by atoms with van der Waals surface area (Å²) >= 11 is 0. The Balaban J connectivity index is 1.96. The predicted octanol–water partition coefficient (Wildman–Crippen LogP) is 1.70. The van der Waals surface area contributed by atoms with Crippen LogP contribution >= 0.6 is 0 Å². The minimum Gasteiger partial charge on any atom is -0.342 e. The molecule has 1 saturated heterocycles. The molecule has 0 bridgehead atoms. The van der Waals surface area contributed by atoms with E-state index >= 15 is 0 Å². The summed E-state index contributed by atoms with van der Waals surface area (Å²) in [6.45, 7) is 1.97. The molecular formula is C14H18F2N2O. The molecule has 3 nitrogen and oxygen atoms in total. The van der Waals surface area contributed by atoms with Gasteiger partial charge in [-0.05, 0) is 31.4 Å². The molecule has 2 N–H and O–H groups in total. The van der Waals surface area contributed by atoms with Crippen molar-refractivity contribution < 1.29 is 13.6 Å². The zero-order chi connectivity index (χ0) is 13.8. The van der Waals surface area contributed by atoms with E-state index in [1.807, 2.05) is 0 Å². The summed E-state index contributed by atoms with van der Waals surface area (Å²) in [6.07, 6.45) is 1.76. The van der Waals surface area contributed by atoms with Gasteiger partial charge in [-0.1, -0.05) is 12.1 Å². The molecule has 5 heteroatoms. The van der Waals surface area contributed by atoms with Crippen molar-refractivity contribution >= 4 is 5.91 Å². The number of nitrogens with zero attached hydrogens (tertiary/aromatic N) is 1. The van der Waals surface area contributed by atoms with Crippen LogP contribution in [0.3, 0.4) is 0 Å². The van der Waals surface area contributed by atoms with Crippen molar-refractivity contribution in [1.82, 2.24) is 4.90 Å². The normalized spacial score (nSPS) is 18.9. The second-order valence-corrected chi connectivity index (χ2v) is 4.96. The van der Waals surface area contributed by atoms with Gasteiger partial charge < -0.3 is 10.6 Å². The Bertz CT molecular complexity index is 465. The van der Waals surface area contributed by atoms with Crippen molar-refractivity contribution in [2.45, 2.75) is 19.3 Å². The summed E-state index contributed by atoms with van der Waals surface area (Å²) in [5, 5.41) is 0. The average molecular weight is 268 g/mol. The zero-order valence-corrected chi connectivity index (χ0v) is 10.7. The van der Waals surface area contributed by atoms with Gasteiger partial charge in [0.25, 0.3) is 0 Å². The molecule has 1 aromatic rings. The molecule has 0 spiro atoms. The summed E-state index contributed by atoms with van der Waals surface area (Å²) in [5.41, 5.74) is 5.61. The quantitative estimate of drug-likeness (QED) is 0.903. The van der Waals surface area contributed by atoms with E-state index in [-0.39, 0.29) is 17.9 Å². The fourth-order valence-corrected chi connectivity index (χ4v) is 2.49. The number of halogens is 2. The van der Waals surface area contributed by atoms with Crippen LogP contribution in [0.4, 0.5) is 8.78 Å². The van der Waals surface area contributed by atoms with Gasteiger partial charge >= 0.3 is 0 Å². The van der Waals surface area contributed by atoms with E-state index < -0.39 is 11.6 Å². The molecule has 1 aliphatic rings. The summed E-state index contributed by atoms with van der Waals surface area (Å²) in [4.78, 5) is 13.7. The number of amides is 1. The van der Waals surface area contributed by atoms with Crippen LogP contribution in [-0.2, 0) is 11.2 Å². The number of likely N-dealkylation sites (tertiary alicyclic amines) is 1. The molecule has 104 valence electrons. The van der Waals surface area contributed by atoms with Crippen LogP contribution in [0.1, 0.15) is 18.4 Å². The Hall–Kier alpha value is -1.49. The molecule has 19 heavy (non-hydrogen) atoms. The molecule has 0 aromatic heterocycles. The fourth-order valence-electron chi connectivity index (χ4n) is 2.49. The molecule has 2 rings (SSSR count). The Morgan fingerprint density at radius 1 is 1.42 bits per heavy atom. The summed E-state index contributed by atoms with van der Waals surface area (Å²) in [5.74, 6) is -1.54. The van der Waals surface area contributed by atoms with Gasteiger partial charge in [0.05, 0.1) is 6.42 Å². The third-order valence-corrected chi connectivity index (χ3v) is 3.59. The number of benzene rings is 1. The number of carbonyl (C=O) groups is 1. The molecule has 1 aliphatic heterocycles. The van der Waals surface area contributed by atoms with Crippen LogP contribution in [-0.4, -0.2) is 30.4 Å². The molecule has 1 amide bonds. The highest BCUT2D eigenvalue weighted by molar-refractivity contribution is 5.79. The van der Waals surface area contributed by atoms with Crippen LogP contribution in [0.2, 0.25) is 0 Å². The second-order valence-electron chi connectivity index (χ2n) is 4.96. The maximum absolute atomic E-state index is 13.5. The van der Waals surface area contributed by atoms with E-state index in [0.29, 0.717) is 25.6 Å². The van der Waals surface area contributed by atoms with Crippen molar-refractivity contribution in [3.8, 4) is 0 Å². The Morgan fingerprint density at radius 2 is 2.21 bits per heavy atom. The van der Waals surface area contributed by atoms with Crippen LogP contribution < -0.4 is 5.73 Å². The lowest BCUT2D eigenvalue weighted by atomic mass is 10.1. The summed E-state index contributed by atoms with van der Waals surface area (Å²) < 4.78 is 26.5. The van der Waals surface area contributed by atoms with Gasteiger partial charge in [-0.25, -0.2) is 8.78 Å². The Labute approximate surface area is 111 Å². The topological polar surface area (TPSA) is 46.3 Å². The highest BCUT2D eigenvalue weighted by atomic mass is 19.2. The van der Waals surface area contributed by atoms with Crippen molar-refractivity contribution in [3.63, 3.8) is 0 Å². The molecule has 1 heterocycles. The van der Waals surface area contributed by atoms with E-state index in [9.17, 15) is 13.6 Å². The smallest absolute Gasteiger partial charge is 0.227 e. The minimum absolute atomic E-state index is 0.0844. The summed E-state index contributed by atoms with van der Waals surface area (Å²) in [7, 11) is 0. The largest absolute Gasteiger partial charge is 0.342 e. The van der Waals surface area contributed by atoms with Gasteiger partial charge in [0, 0.05) is 18.7 Å². The third kappa shape index (κ3) is 3.29. The molecule has 0 saturated carbocycles.